The minimum atomic E-state index is -3.21. The van der Waals surface area contributed by atoms with E-state index in [0.29, 0.717) is 4.90 Å². The van der Waals surface area contributed by atoms with Gasteiger partial charge in [0.05, 0.1) is 10.9 Å². The highest BCUT2D eigenvalue weighted by Gasteiger charge is 2.20. The van der Waals surface area contributed by atoms with E-state index in [-0.39, 0.29) is 12.8 Å². The van der Waals surface area contributed by atoms with E-state index in [9.17, 15) is 8.42 Å². The molecule has 27 heavy (non-hydrogen) atoms. The van der Waals surface area contributed by atoms with Crippen LogP contribution in [0.25, 0.3) is 11.4 Å². The molecule has 0 saturated carbocycles. The molecule has 4 rings (SSSR count). The van der Waals surface area contributed by atoms with Crippen LogP contribution in [-0.2, 0) is 9.84 Å². The average Bonchev–Trinajstić information content (AvgIpc) is 3.28. The van der Waals surface area contributed by atoms with Crippen LogP contribution >= 0.6 is 0 Å². The number of nitrogens with zero attached hydrogens (tertiary/aromatic N) is 2. The molecule has 7 heteroatoms. The normalized spacial score (nSPS) is 14.3. The first-order valence-electron chi connectivity index (χ1n) is 8.58. The molecule has 0 aliphatic carbocycles. The van der Waals surface area contributed by atoms with Crippen molar-refractivity contribution in [2.24, 2.45) is 0 Å². The Morgan fingerprint density at radius 3 is 2.44 bits per heavy atom. The monoisotopic (exact) mass is 384 g/mol. The second kappa shape index (κ2) is 6.42. The Morgan fingerprint density at radius 2 is 1.78 bits per heavy atom. The lowest BCUT2D eigenvalue weighted by Gasteiger charge is -2.18. The summed E-state index contributed by atoms with van der Waals surface area (Å²) in [5.74, 6) is 2.29. The summed E-state index contributed by atoms with van der Waals surface area (Å²) in [4.78, 5) is 4.86. The smallest absolute Gasteiger partial charge is 0.231 e. The number of fused-ring (bicyclic) bond motifs is 1. The zero-order chi connectivity index (χ0) is 19.2. The molecule has 0 radical (unpaired) electrons. The quantitative estimate of drug-likeness (QED) is 0.687. The van der Waals surface area contributed by atoms with Gasteiger partial charge in [0, 0.05) is 24.2 Å². The van der Waals surface area contributed by atoms with Crippen LogP contribution in [0.4, 0.5) is 0 Å². The molecular formula is C20H20N2O4S. The maximum absolute atomic E-state index is 11.7. The van der Waals surface area contributed by atoms with Gasteiger partial charge in [0.1, 0.15) is 5.82 Å². The molecule has 0 saturated heterocycles. The van der Waals surface area contributed by atoms with Gasteiger partial charge >= 0.3 is 0 Å². The number of rotatable bonds is 4. The number of benzene rings is 2. The van der Waals surface area contributed by atoms with Crippen molar-refractivity contribution in [1.82, 2.24) is 9.55 Å². The maximum Gasteiger partial charge on any atom is 0.231 e. The summed E-state index contributed by atoms with van der Waals surface area (Å²) in [5.41, 5.74) is 3.02. The van der Waals surface area contributed by atoms with Gasteiger partial charge in [-0.05, 0) is 49.2 Å². The average molecular weight is 384 g/mol. The van der Waals surface area contributed by atoms with Gasteiger partial charge in [-0.15, -0.1) is 0 Å². The van der Waals surface area contributed by atoms with Crippen molar-refractivity contribution in [1.29, 1.82) is 0 Å². The Kier molecular flexibility index (Phi) is 4.19. The first-order valence-corrected chi connectivity index (χ1v) is 10.5. The molecule has 6 nitrogen and oxygen atoms in total. The fourth-order valence-corrected chi connectivity index (χ4v) is 3.90. The van der Waals surface area contributed by atoms with Gasteiger partial charge in [-0.25, -0.2) is 13.4 Å². The number of imidazole rings is 1. The highest BCUT2D eigenvalue weighted by molar-refractivity contribution is 7.90. The molecule has 0 bridgehead atoms. The van der Waals surface area contributed by atoms with Crippen molar-refractivity contribution in [3.8, 4) is 22.9 Å². The van der Waals surface area contributed by atoms with Crippen molar-refractivity contribution >= 4 is 9.84 Å². The standard InChI is InChI=1S/C20H20N2O4S/c1-13-10-18-19(26-12-25-18)11-17(13)20-21-8-9-22(20)14(2)15-4-6-16(7-5-15)27(3,23)24/h4-11,14H,12H2,1-3H3. The van der Waals surface area contributed by atoms with Crippen LogP contribution in [0.1, 0.15) is 24.1 Å². The Hall–Kier alpha value is -2.80. The van der Waals surface area contributed by atoms with E-state index in [1.807, 2.05) is 37.4 Å². The minimum Gasteiger partial charge on any atom is -0.454 e. The zero-order valence-corrected chi connectivity index (χ0v) is 16.2. The van der Waals surface area contributed by atoms with Crippen LogP contribution in [0.5, 0.6) is 11.5 Å². The van der Waals surface area contributed by atoms with Crippen molar-refractivity contribution in [3.63, 3.8) is 0 Å². The lowest BCUT2D eigenvalue weighted by atomic mass is 10.0. The van der Waals surface area contributed by atoms with E-state index in [2.05, 4.69) is 16.5 Å². The first-order chi connectivity index (χ1) is 12.8. The third-order valence-electron chi connectivity index (χ3n) is 4.84. The van der Waals surface area contributed by atoms with Gasteiger partial charge in [-0.1, -0.05) is 12.1 Å². The molecule has 1 aliphatic rings. The highest BCUT2D eigenvalue weighted by atomic mass is 32.2. The summed E-state index contributed by atoms with van der Waals surface area (Å²) < 4.78 is 36.4. The third-order valence-corrected chi connectivity index (χ3v) is 5.97. The molecule has 140 valence electrons. The minimum absolute atomic E-state index is 0.0130. The van der Waals surface area contributed by atoms with Crippen molar-refractivity contribution < 1.29 is 17.9 Å². The van der Waals surface area contributed by atoms with E-state index >= 15 is 0 Å². The molecule has 0 fully saturated rings. The van der Waals surface area contributed by atoms with Gasteiger partial charge in [-0.2, -0.15) is 0 Å². The Morgan fingerprint density at radius 1 is 1.11 bits per heavy atom. The first kappa shape index (κ1) is 17.6. The van der Waals surface area contributed by atoms with E-state index in [4.69, 9.17) is 9.47 Å². The topological polar surface area (TPSA) is 70.4 Å². The van der Waals surface area contributed by atoms with Gasteiger partial charge in [-0.3, -0.25) is 0 Å². The summed E-state index contributed by atoms with van der Waals surface area (Å²) in [6.45, 7) is 4.31. The van der Waals surface area contributed by atoms with E-state index < -0.39 is 9.84 Å². The van der Waals surface area contributed by atoms with Gasteiger partial charge in [0.15, 0.2) is 21.3 Å². The van der Waals surface area contributed by atoms with E-state index in [1.54, 1.807) is 18.3 Å². The van der Waals surface area contributed by atoms with Crippen LogP contribution in [0.2, 0.25) is 0 Å². The SMILES string of the molecule is Cc1cc2c(cc1-c1nccn1C(C)c1ccc(S(C)(=O)=O)cc1)OCO2. The van der Waals surface area contributed by atoms with Crippen molar-refractivity contribution in [2.45, 2.75) is 24.8 Å². The van der Waals surface area contributed by atoms with Gasteiger partial charge in [0.2, 0.25) is 6.79 Å². The molecule has 2 aromatic carbocycles. The van der Waals surface area contributed by atoms with Crippen LogP contribution in [0.3, 0.4) is 0 Å². The van der Waals surface area contributed by atoms with E-state index in [1.165, 1.54) is 6.26 Å². The molecule has 3 aromatic rings. The number of aromatic nitrogens is 2. The number of sulfone groups is 1. The molecule has 1 aromatic heterocycles. The Balaban J connectivity index is 1.72. The summed E-state index contributed by atoms with van der Waals surface area (Å²) in [5, 5.41) is 0. The molecule has 1 unspecified atom stereocenters. The van der Waals surface area contributed by atoms with Crippen LogP contribution in [-0.4, -0.2) is 31.0 Å². The summed E-state index contributed by atoms with van der Waals surface area (Å²) >= 11 is 0. The third kappa shape index (κ3) is 3.19. The van der Waals surface area contributed by atoms with Crippen LogP contribution in [0.15, 0.2) is 53.7 Å². The lowest BCUT2D eigenvalue weighted by Crippen LogP contribution is -2.08. The predicted octanol–water partition coefficient (Wildman–Crippen LogP) is 3.60. The summed E-state index contributed by atoms with van der Waals surface area (Å²) in [6.07, 6.45) is 4.90. The van der Waals surface area contributed by atoms with Crippen molar-refractivity contribution in [2.75, 3.05) is 13.0 Å². The van der Waals surface area contributed by atoms with E-state index in [0.717, 1.165) is 34.0 Å². The number of hydrogen-bond acceptors (Lipinski definition) is 5. The maximum atomic E-state index is 11.7. The fourth-order valence-electron chi connectivity index (χ4n) is 3.27. The summed E-state index contributed by atoms with van der Waals surface area (Å²) in [6, 6.07) is 10.9. The fraction of sp³-hybridized carbons (Fsp3) is 0.250. The van der Waals surface area contributed by atoms with Crippen LogP contribution < -0.4 is 9.47 Å². The Labute approximate surface area is 158 Å². The second-order valence-corrected chi connectivity index (χ2v) is 8.71. The molecule has 1 aliphatic heterocycles. The summed E-state index contributed by atoms with van der Waals surface area (Å²) in [7, 11) is -3.21. The second-order valence-electron chi connectivity index (χ2n) is 6.70. The molecule has 2 heterocycles. The Bertz CT molecular complexity index is 1100. The molecular weight excluding hydrogens is 364 g/mol. The number of aryl methyl sites for hydroxylation is 1. The molecule has 0 N–H and O–H groups in total. The van der Waals surface area contributed by atoms with Crippen LogP contribution in [0, 0.1) is 6.92 Å². The van der Waals surface area contributed by atoms with Gasteiger partial charge in [0.25, 0.3) is 0 Å². The molecule has 0 spiro atoms. The lowest BCUT2D eigenvalue weighted by molar-refractivity contribution is 0.174. The highest BCUT2D eigenvalue weighted by Crippen LogP contribution is 2.38. The van der Waals surface area contributed by atoms with Crippen molar-refractivity contribution in [3.05, 3.63) is 59.9 Å². The number of ether oxygens (including phenoxy) is 2. The predicted molar refractivity (Wildman–Crippen MR) is 102 cm³/mol. The zero-order valence-electron chi connectivity index (χ0n) is 15.3. The largest absolute Gasteiger partial charge is 0.454 e. The molecule has 0 amide bonds. The van der Waals surface area contributed by atoms with Gasteiger partial charge < -0.3 is 14.0 Å². The molecule has 1 atom stereocenters. The number of hydrogen-bond donors (Lipinski definition) is 0.